The highest BCUT2D eigenvalue weighted by Gasteiger charge is 2.24. The molecule has 0 saturated carbocycles. The van der Waals surface area contributed by atoms with E-state index in [1.807, 2.05) is 13.8 Å². The Balaban J connectivity index is 3.87. The van der Waals surface area contributed by atoms with Crippen LogP contribution in [0.4, 0.5) is 0 Å². The number of unbranched alkanes of at least 4 members (excludes halogenated alkanes) is 1. The zero-order valence-corrected chi connectivity index (χ0v) is 12.9. The van der Waals surface area contributed by atoms with Gasteiger partial charge >= 0.3 is 0 Å². The normalized spacial score (nSPS) is 12.9. The van der Waals surface area contributed by atoms with Gasteiger partial charge in [0.1, 0.15) is 0 Å². The fourth-order valence-corrected chi connectivity index (χ4v) is 3.29. The maximum Gasteiger partial charge on any atom is 0.212 e. The standard InChI is InChI=1S/C12H28N2O3S/c1-5-8-13-9-6-7-10-18(15,16)14-12(2,3)11-17-4/h13-14H,5-11H2,1-4H3. The summed E-state index contributed by atoms with van der Waals surface area (Å²) in [4.78, 5) is 0. The molecule has 0 aliphatic heterocycles. The molecule has 0 aromatic rings. The summed E-state index contributed by atoms with van der Waals surface area (Å²) in [6.45, 7) is 7.98. The largest absolute Gasteiger partial charge is 0.383 e. The molecule has 110 valence electrons. The summed E-state index contributed by atoms with van der Waals surface area (Å²) in [6.07, 6.45) is 2.66. The topological polar surface area (TPSA) is 67.4 Å². The highest BCUT2D eigenvalue weighted by Crippen LogP contribution is 2.06. The van der Waals surface area contributed by atoms with Crippen molar-refractivity contribution in [1.82, 2.24) is 10.0 Å². The minimum atomic E-state index is -3.21. The second-order valence-electron chi connectivity index (χ2n) is 5.19. The van der Waals surface area contributed by atoms with Crippen molar-refractivity contribution in [2.45, 2.75) is 45.6 Å². The number of ether oxygens (including phenoxy) is 1. The van der Waals surface area contributed by atoms with Crippen LogP contribution < -0.4 is 10.0 Å². The van der Waals surface area contributed by atoms with Gasteiger partial charge in [0.2, 0.25) is 10.0 Å². The molecule has 18 heavy (non-hydrogen) atoms. The summed E-state index contributed by atoms with van der Waals surface area (Å²) >= 11 is 0. The van der Waals surface area contributed by atoms with Crippen LogP contribution in [0, 0.1) is 0 Å². The first-order valence-corrected chi connectivity index (χ1v) is 8.19. The van der Waals surface area contributed by atoms with Crippen LogP contribution in [0.5, 0.6) is 0 Å². The van der Waals surface area contributed by atoms with E-state index in [2.05, 4.69) is 17.0 Å². The van der Waals surface area contributed by atoms with Crippen molar-refractivity contribution in [3.05, 3.63) is 0 Å². The molecule has 0 bridgehead atoms. The molecule has 0 fully saturated rings. The zero-order valence-electron chi connectivity index (χ0n) is 12.1. The van der Waals surface area contributed by atoms with Gasteiger partial charge in [-0.1, -0.05) is 6.92 Å². The lowest BCUT2D eigenvalue weighted by atomic mass is 10.1. The van der Waals surface area contributed by atoms with Crippen molar-refractivity contribution in [3.63, 3.8) is 0 Å². The maximum absolute atomic E-state index is 11.8. The summed E-state index contributed by atoms with van der Waals surface area (Å²) in [5.41, 5.74) is -0.548. The summed E-state index contributed by atoms with van der Waals surface area (Å²) in [5, 5.41) is 3.25. The first-order chi connectivity index (χ1) is 8.33. The number of hydrogen-bond donors (Lipinski definition) is 2. The molecule has 6 heteroatoms. The molecule has 0 aromatic carbocycles. The fourth-order valence-electron chi connectivity index (χ4n) is 1.71. The van der Waals surface area contributed by atoms with Gasteiger partial charge in [-0.15, -0.1) is 0 Å². The summed E-state index contributed by atoms with van der Waals surface area (Å²) in [5.74, 6) is 0.175. The average Bonchev–Trinajstić information content (AvgIpc) is 2.21. The van der Waals surface area contributed by atoms with Crippen molar-refractivity contribution in [1.29, 1.82) is 0 Å². The summed E-state index contributed by atoms with van der Waals surface area (Å²) in [7, 11) is -1.65. The lowest BCUT2D eigenvalue weighted by molar-refractivity contribution is 0.141. The summed E-state index contributed by atoms with van der Waals surface area (Å²) < 4.78 is 31.3. The van der Waals surface area contributed by atoms with Crippen molar-refractivity contribution >= 4 is 10.0 Å². The van der Waals surface area contributed by atoms with E-state index in [1.54, 1.807) is 7.11 Å². The van der Waals surface area contributed by atoms with Crippen molar-refractivity contribution < 1.29 is 13.2 Å². The fraction of sp³-hybridized carbons (Fsp3) is 1.00. The lowest BCUT2D eigenvalue weighted by Crippen LogP contribution is -2.47. The van der Waals surface area contributed by atoms with Gasteiger partial charge in [0, 0.05) is 7.11 Å². The molecule has 2 N–H and O–H groups in total. The molecule has 0 rings (SSSR count). The van der Waals surface area contributed by atoms with Crippen LogP contribution in [0.15, 0.2) is 0 Å². The van der Waals surface area contributed by atoms with E-state index in [1.165, 1.54) is 0 Å². The first-order valence-electron chi connectivity index (χ1n) is 6.54. The van der Waals surface area contributed by atoms with Gasteiger partial charge in [0.05, 0.1) is 17.9 Å². The lowest BCUT2D eigenvalue weighted by Gasteiger charge is -2.24. The summed E-state index contributed by atoms with van der Waals surface area (Å²) in [6, 6.07) is 0. The predicted octanol–water partition coefficient (Wildman–Crippen LogP) is 1.11. The molecule has 0 aliphatic carbocycles. The predicted molar refractivity (Wildman–Crippen MR) is 75.3 cm³/mol. The Kier molecular flexibility index (Phi) is 8.77. The van der Waals surface area contributed by atoms with Crippen LogP contribution >= 0.6 is 0 Å². The van der Waals surface area contributed by atoms with Crippen molar-refractivity contribution in [2.75, 3.05) is 32.6 Å². The van der Waals surface area contributed by atoms with E-state index in [-0.39, 0.29) is 5.75 Å². The van der Waals surface area contributed by atoms with Crippen LogP contribution in [0.1, 0.15) is 40.0 Å². The molecular formula is C12H28N2O3S. The zero-order chi connectivity index (χ0) is 14.1. The Labute approximate surface area is 112 Å². The monoisotopic (exact) mass is 280 g/mol. The Morgan fingerprint density at radius 1 is 1.17 bits per heavy atom. The Morgan fingerprint density at radius 3 is 2.39 bits per heavy atom. The van der Waals surface area contributed by atoms with Gasteiger partial charge in [0.15, 0.2) is 0 Å². The first kappa shape index (κ1) is 17.8. The number of hydrogen-bond acceptors (Lipinski definition) is 4. The van der Waals surface area contributed by atoms with E-state index < -0.39 is 15.6 Å². The third-order valence-electron chi connectivity index (χ3n) is 2.38. The molecule has 0 saturated heterocycles. The minimum absolute atomic E-state index is 0.175. The van der Waals surface area contributed by atoms with E-state index in [9.17, 15) is 8.42 Å². The third-order valence-corrected chi connectivity index (χ3v) is 4.07. The van der Waals surface area contributed by atoms with E-state index in [4.69, 9.17) is 4.74 Å². The number of methoxy groups -OCH3 is 1. The Hall–Kier alpha value is -0.170. The molecule has 0 unspecified atom stereocenters. The molecule has 0 aromatic heterocycles. The Bertz CT molecular complexity index is 302. The Morgan fingerprint density at radius 2 is 1.83 bits per heavy atom. The second kappa shape index (κ2) is 8.85. The van der Waals surface area contributed by atoms with Crippen LogP contribution in [0.2, 0.25) is 0 Å². The average molecular weight is 280 g/mol. The molecule has 0 spiro atoms. The van der Waals surface area contributed by atoms with Crippen molar-refractivity contribution in [2.24, 2.45) is 0 Å². The highest BCUT2D eigenvalue weighted by molar-refractivity contribution is 7.89. The smallest absolute Gasteiger partial charge is 0.212 e. The number of sulfonamides is 1. The van der Waals surface area contributed by atoms with Gasteiger partial charge in [-0.3, -0.25) is 0 Å². The van der Waals surface area contributed by atoms with Gasteiger partial charge in [-0.25, -0.2) is 13.1 Å². The molecule has 0 heterocycles. The molecule has 0 atom stereocenters. The van der Waals surface area contributed by atoms with Crippen LogP contribution in [0.3, 0.4) is 0 Å². The SMILES string of the molecule is CCCNCCCCS(=O)(=O)NC(C)(C)COC. The van der Waals surface area contributed by atoms with Gasteiger partial charge < -0.3 is 10.1 Å². The van der Waals surface area contributed by atoms with Gasteiger partial charge in [0.25, 0.3) is 0 Å². The molecule has 0 amide bonds. The second-order valence-corrected chi connectivity index (χ2v) is 7.04. The number of rotatable bonds is 11. The third kappa shape index (κ3) is 9.82. The molecule has 0 aliphatic rings. The van der Waals surface area contributed by atoms with Crippen LogP contribution in [0.25, 0.3) is 0 Å². The number of nitrogens with one attached hydrogen (secondary N) is 2. The van der Waals surface area contributed by atoms with Gasteiger partial charge in [-0.2, -0.15) is 0 Å². The quantitative estimate of drug-likeness (QED) is 0.556. The molecule has 5 nitrogen and oxygen atoms in total. The van der Waals surface area contributed by atoms with Crippen LogP contribution in [-0.4, -0.2) is 46.5 Å². The van der Waals surface area contributed by atoms with E-state index in [0.29, 0.717) is 13.0 Å². The van der Waals surface area contributed by atoms with E-state index >= 15 is 0 Å². The molecular weight excluding hydrogens is 252 g/mol. The van der Waals surface area contributed by atoms with Gasteiger partial charge in [-0.05, 0) is 46.2 Å². The minimum Gasteiger partial charge on any atom is -0.383 e. The maximum atomic E-state index is 11.8. The highest BCUT2D eigenvalue weighted by atomic mass is 32.2. The van der Waals surface area contributed by atoms with Crippen molar-refractivity contribution in [3.8, 4) is 0 Å². The van der Waals surface area contributed by atoms with Crippen LogP contribution in [-0.2, 0) is 14.8 Å². The van der Waals surface area contributed by atoms with E-state index in [0.717, 1.165) is 25.9 Å². The molecule has 0 radical (unpaired) electrons.